The van der Waals surface area contributed by atoms with Gasteiger partial charge in [-0.2, -0.15) is 0 Å². The second-order valence-corrected chi connectivity index (χ2v) is 8.01. The molecule has 0 aliphatic rings. The highest BCUT2D eigenvalue weighted by molar-refractivity contribution is 7.98. The maximum absolute atomic E-state index is 13.4. The summed E-state index contributed by atoms with van der Waals surface area (Å²) < 4.78 is 13.4. The summed E-state index contributed by atoms with van der Waals surface area (Å²) in [7, 11) is 0. The van der Waals surface area contributed by atoms with E-state index in [4.69, 9.17) is 4.98 Å². The number of rotatable bonds is 6. The first kappa shape index (κ1) is 21.1. The van der Waals surface area contributed by atoms with Crippen molar-refractivity contribution >= 4 is 42.2 Å². The lowest BCUT2D eigenvalue weighted by atomic mass is 10.1. The number of H-pyrrole nitrogens is 1. The Morgan fingerprint density at radius 2 is 1.94 bits per heavy atom. The topological polar surface area (TPSA) is 66.0 Å². The van der Waals surface area contributed by atoms with Crippen molar-refractivity contribution in [3.63, 3.8) is 0 Å². The van der Waals surface area contributed by atoms with Gasteiger partial charge >= 0.3 is 0 Å². The number of thiol groups is 1. The van der Waals surface area contributed by atoms with Crippen LogP contribution in [-0.4, -0.2) is 27.5 Å². The fraction of sp³-hybridized carbons (Fsp3) is 0.0870. The van der Waals surface area contributed by atoms with Gasteiger partial charge in [-0.15, -0.1) is 12.6 Å². The number of benzene rings is 2. The van der Waals surface area contributed by atoms with Crippen molar-refractivity contribution in [2.75, 3.05) is 11.6 Å². The van der Waals surface area contributed by atoms with Gasteiger partial charge in [-0.1, -0.05) is 17.8 Å². The molecule has 0 fully saturated rings. The molecule has 0 unspecified atom stereocenters. The zero-order valence-electron chi connectivity index (χ0n) is 16.9. The van der Waals surface area contributed by atoms with Crippen molar-refractivity contribution in [3.8, 4) is 22.5 Å². The number of imidazole rings is 1. The summed E-state index contributed by atoms with van der Waals surface area (Å²) in [6.07, 6.45) is 5.28. The molecule has 0 bridgehead atoms. The molecule has 0 aliphatic heterocycles. The van der Waals surface area contributed by atoms with Crippen molar-refractivity contribution in [3.05, 3.63) is 72.2 Å². The normalized spacial score (nSPS) is 11.2. The van der Waals surface area contributed by atoms with E-state index < -0.39 is 0 Å². The molecule has 4 rings (SSSR count). The second kappa shape index (κ2) is 9.36. The first-order valence-electron chi connectivity index (χ1n) is 9.49. The van der Waals surface area contributed by atoms with E-state index in [2.05, 4.69) is 32.9 Å². The number of aromatic nitrogens is 3. The molecule has 8 heteroatoms. The van der Waals surface area contributed by atoms with Crippen LogP contribution < -0.4 is 5.32 Å². The molecule has 4 aromatic rings. The van der Waals surface area contributed by atoms with Crippen molar-refractivity contribution in [2.24, 2.45) is 4.99 Å². The molecule has 0 radical (unpaired) electrons. The van der Waals surface area contributed by atoms with Crippen LogP contribution in [0.3, 0.4) is 0 Å². The third-order valence-electron chi connectivity index (χ3n) is 4.73. The van der Waals surface area contributed by atoms with Gasteiger partial charge in [0.05, 0.1) is 23.4 Å². The lowest BCUT2D eigenvalue weighted by Gasteiger charge is -2.06. The van der Waals surface area contributed by atoms with E-state index in [1.807, 2.05) is 43.5 Å². The molecule has 2 aromatic heterocycles. The third kappa shape index (κ3) is 4.81. The van der Waals surface area contributed by atoms with E-state index in [0.29, 0.717) is 5.82 Å². The van der Waals surface area contributed by atoms with Gasteiger partial charge in [-0.3, -0.25) is 0 Å². The second-order valence-electron chi connectivity index (χ2n) is 6.73. The van der Waals surface area contributed by atoms with Crippen LogP contribution in [0.4, 0.5) is 15.9 Å². The van der Waals surface area contributed by atoms with E-state index in [1.54, 1.807) is 24.7 Å². The minimum atomic E-state index is -0.275. The number of aromatic amines is 1. The lowest BCUT2D eigenvalue weighted by molar-refractivity contribution is 0.628. The largest absolute Gasteiger partial charge is 0.332 e. The Hall–Kier alpha value is -3.10. The van der Waals surface area contributed by atoms with E-state index in [9.17, 15) is 4.39 Å². The molecule has 0 atom stereocenters. The number of hydrogen-bond acceptors (Lipinski definition) is 5. The predicted molar refractivity (Wildman–Crippen MR) is 129 cm³/mol. The van der Waals surface area contributed by atoms with Gasteiger partial charge in [0.1, 0.15) is 11.6 Å². The Bertz CT molecular complexity index is 1240. The molecular weight excluding hydrogens is 429 g/mol. The highest BCUT2D eigenvalue weighted by atomic mass is 32.2. The van der Waals surface area contributed by atoms with Crippen LogP contribution in [0.5, 0.6) is 0 Å². The Labute approximate surface area is 189 Å². The maximum Gasteiger partial charge on any atom is 0.166 e. The molecule has 2 heterocycles. The van der Waals surface area contributed by atoms with Gasteiger partial charge in [0, 0.05) is 22.2 Å². The van der Waals surface area contributed by atoms with Crippen LogP contribution in [-0.2, 0) is 0 Å². The van der Waals surface area contributed by atoms with Crippen molar-refractivity contribution in [1.29, 1.82) is 0 Å². The Morgan fingerprint density at radius 3 is 2.71 bits per heavy atom. The summed E-state index contributed by atoms with van der Waals surface area (Å²) in [6.45, 7) is 1.98. The van der Waals surface area contributed by atoms with Crippen LogP contribution in [0, 0.1) is 12.7 Å². The fourth-order valence-corrected chi connectivity index (χ4v) is 3.65. The SMILES string of the molecule is CSc1nc(-c2ccnc(NC=Nc3cccc(S)c3C)c2)c(-c2ccc(F)cc2)[nH]1. The first-order valence-corrected chi connectivity index (χ1v) is 11.2. The molecule has 2 N–H and O–H groups in total. The summed E-state index contributed by atoms with van der Waals surface area (Å²) in [5.41, 5.74) is 5.20. The Morgan fingerprint density at radius 1 is 1.13 bits per heavy atom. The average molecular weight is 450 g/mol. The third-order valence-corrected chi connectivity index (χ3v) is 5.80. The number of halogens is 1. The molecule has 0 saturated carbocycles. The smallest absolute Gasteiger partial charge is 0.166 e. The number of anilines is 1. The van der Waals surface area contributed by atoms with Crippen molar-refractivity contribution in [2.45, 2.75) is 17.0 Å². The van der Waals surface area contributed by atoms with Crippen molar-refractivity contribution in [1.82, 2.24) is 15.0 Å². The number of aliphatic imine (C=N–C) groups is 1. The lowest BCUT2D eigenvalue weighted by Crippen LogP contribution is -1.97. The highest BCUT2D eigenvalue weighted by Gasteiger charge is 2.14. The fourth-order valence-electron chi connectivity index (χ4n) is 3.06. The summed E-state index contributed by atoms with van der Waals surface area (Å²) in [5, 5.41) is 3.90. The Balaban J connectivity index is 1.62. The van der Waals surface area contributed by atoms with Gasteiger partial charge in [-0.05, 0) is 67.3 Å². The van der Waals surface area contributed by atoms with Gasteiger partial charge in [0.15, 0.2) is 5.16 Å². The minimum Gasteiger partial charge on any atom is -0.332 e. The molecule has 31 heavy (non-hydrogen) atoms. The zero-order chi connectivity index (χ0) is 21.8. The molecule has 5 nitrogen and oxygen atoms in total. The number of nitrogens with zero attached hydrogens (tertiary/aromatic N) is 3. The molecule has 0 amide bonds. The predicted octanol–water partition coefficient (Wildman–Crippen LogP) is 6.37. The van der Waals surface area contributed by atoms with Crippen LogP contribution in [0.15, 0.2) is 75.8 Å². The number of nitrogens with one attached hydrogen (secondary N) is 2. The van der Waals surface area contributed by atoms with E-state index >= 15 is 0 Å². The van der Waals surface area contributed by atoms with Crippen LogP contribution in [0.1, 0.15) is 5.56 Å². The standard InChI is InChI=1S/C23H20FN5S2/c1-14-18(4-3-5-19(14)30)26-13-27-20-12-16(10-11-25-20)22-21(28-23(29-22)31-2)15-6-8-17(24)9-7-15/h3-13,30H,1-2H3,(H,28,29)(H,25,26,27). The summed E-state index contributed by atoms with van der Waals surface area (Å²) >= 11 is 5.94. The van der Waals surface area contributed by atoms with E-state index in [0.717, 1.165) is 43.8 Å². The molecule has 0 aliphatic carbocycles. The maximum atomic E-state index is 13.4. The molecule has 2 aromatic carbocycles. The van der Waals surface area contributed by atoms with Crippen LogP contribution in [0.2, 0.25) is 0 Å². The average Bonchev–Trinajstić information content (AvgIpc) is 3.22. The summed E-state index contributed by atoms with van der Waals surface area (Å²) in [5.74, 6) is 0.364. The monoisotopic (exact) mass is 449 g/mol. The number of hydrogen-bond donors (Lipinski definition) is 3. The molecular formula is C23H20FN5S2. The number of thioether (sulfide) groups is 1. The summed E-state index contributed by atoms with van der Waals surface area (Å²) in [4.78, 5) is 17.8. The van der Waals surface area contributed by atoms with E-state index in [1.165, 1.54) is 23.9 Å². The van der Waals surface area contributed by atoms with Gasteiger partial charge in [0.2, 0.25) is 0 Å². The van der Waals surface area contributed by atoms with Gasteiger partial charge in [0.25, 0.3) is 0 Å². The molecule has 0 saturated heterocycles. The number of pyridine rings is 1. The van der Waals surface area contributed by atoms with Gasteiger partial charge in [-0.25, -0.2) is 19.4 Å². The van der Waals surface area contributed by atoms with Crippen LogP contribution in [0.25, 0.3) is 22.5 Å². The zero-order valence-corrected chi connectivity index (χ0v) is 18.6. The summed E-state index contributed by atoms with van der Waals surface area (Å²) in [6, 6.07) is 15.9. The molecule has 0 spiro atoms. The van der Waals surface area contributed by atoms with Gasteiger partial charge < -0.3 is 10.3 Å². The quantitative estimate of drug-likeness (QED) is 0.139. The molecule has 156 valence electrons. The minimum absolute atomic E-state index is 0.275. The first-order chi connectivity index (χ1) is 15.0. The van der Waals surface area contributed by atoms with Crippen molar-refractivity contribution < 1.29 is 4.39 Å². The van der Waals surface area contributed by atoms with E-state index in [-0.39, 0.29) is 5.82 Å². The van der Waals surface area contributed by atoms with Crippen LogP contribution >= 0.6 is 24.4 Å². The highest BCUT2D eigenvalue weighted by Crippen LogP contribution is 2.33. The Kier molecular flexibility index (Phi) is 6.39.